The maximum absolute atomic E-state index is 13.0. The standard InChI is InChI=1S/C21H19N3O2/c1-13-12-17-4-2-3-5-18(17)24(13)21(25)16-10-6-14(7-11-16)19-22-20(26-23-19)15-8-9-15/h2-7,10-11,13,15H,8-9,12H2,1H3/t13-/m1/s1. The maximum Gasteiger partial charge on any atom is 0.258 e. The van der Waals surface area contributed by atoms with E-state index in [1.165, 1.54) is 5.56 Å². The Bertz CT molecular complexity index is 973. The van der Waals surface area contributed by atoms with E-state index in [-0.39, 0.29) is 11.9 Å². The summed E-state index contributed by atoms with van der Waals surface area (Å²) in [5.41, 5.74) is 3.78. The first kappa shape index (κ1) is 15.3. The molecule has 0 N–H and O–H groups in total. The van der Waals surface area contributed by atoms with Crippen molar-refractivity contribution in [1.29, 1.82) is 0 Å². The molecule has 1 atom stereocenters. The zero-order valence-corrected chi connectivity index (χ0v) is 14.6. The van der Waals surface area contributed by atoms with Crippen LogP contribution in [0.25, 0.3) is 11.4 Å². The van der Waals surface area contributed by atoms with Gasteiger partial charge in [0.05, 0.1) is 0 Å². The normalized spacial score (nSPS) is 18.8. The van der Waals surface area contributed by atoms with Gasteiger partial charge >= 0.3 is 0 Å². The van der Waals surface area contributed by atoms with Crippen LogP contribution in [0.4, 0.5) is 5.69 Å². The molecular weight excluding hydrogens is 326 g/mol. The Morgan fingerprint density at radius 1 is 1.12 bits per heavy atom. The molecule has 130 valence electrons. The second-order valence-corrected chi connectivity index (χ2v) is 7.16. The number of anilines is 1. The molecule has 0 unspecified atom stereocenters. The highest BCUT2D eigenvalue weighted by molar-refractivity contribution is 6.07. The van der Waals surface area contributed by atoms with Crippen molar-refractivity contribution in [1.82, 2.24) is 10.1 Å². The van der Waals surface area contributed by atoms with Crippen LogP contribution >= 0.6 is 0 Å². The molecule has 0 radical (unpaired) electrons. The van der Waals surface area contributed by atoms with Crippen LogP contribution in [0.3, 0.4) is 0 Å². The van der Waals surface area contributed by atoms with Gasteiger partial charge in [-0.05, 0) is 49.9 Å². The number of aromatic nitrogens is 2. The lowest BCUT2D eigenvalue weighted by molar-refractivity contribution is 0.0981. The number of hydrogen-bond donors (Lipinski definition) is 0. The van der Waals surface area contributed by atoms with E-state index in [4.69, 9.17) is 4.52 Å². The van der Waals surface area contributed by atoms with Crippen LogP contribution in [0, 0.1) is 0 Å². The Morgan fingerprint density at radius 2 is 1.88 bits per heavy atom. The maximum atomic E-state index is 13.0. The van der Waals surface area contributed by atoms with Crippen molar-refractivity contribution < 1.29 is 9.32 Å². The molecule has 0 saturated heterocycles. The molecule has 1 fully saturated rings. The quantitative estimate of drug-likeness (QED) is 0.713. The third-order valence-corrected chi connectivity index (χ3v) is 5.18. The molecule has 26 heavy (non-hydrogen) atoms. The summed E-state index contributed by atoms with van der Waals surface area (Å²) in [5, 5.41) is 4.06. The largest absolute Gasteiger partial charge is 0.339 e. The highest BCUT2D eigenvalue weighted by Gasteiger charge is 2.32. The van der Waals surface area contributed by atoms with Gasteiger partial charge in [0.1, 0.15) is 0 Å². The van der Waals surface area contributed by atoms with Crippen LogP contribution in [0.1, 0.15) is 47.5 Å². The van der Waals surface area contributed by atoms with Gasteiger partial charge in [0.15, 0.2) is 0 Å². The monoisotopic (exact) mass is 345 g/mol. The molecule has 5 rings (SSSR count). The van der Waals surface area contributed by atoms with Crippen molar-refractivity contribution in [3.05, 3.63) is 65.5 Å². The van der Waals surface area contributed by atoms with E-state index in [1.807, 2.05) is 47.4 Å². The summed E-state index contributed by atoms with van der Waals surface area (Å²) in [7, 11) is 0. The average Bonchev–Trinajstić information content (AvgIpc) is 3.29. The van der Waals surface area contributed by atoms with Crippen LogP contribution in [-0.2, 0) is 6.42 Å². The summed E-state index contributed by atoms with van der Waals surface area (Å²) < 4.78 is 5.32. The van der Waals surface area contributed by atoms with Crippen LogP contribution < -0.4 is 4.90 Å². The molecule has 1 amide bonds. The summed E-state index contributed by atoms with van der Waals surface area (Å²) in [6.45, 7) is 2.09. The van der Waals surface area contributed by atoms with Crippen molar-refractivity contribution in [2.24, 2.45) is 0 Å². The average molecular weight is 345 g/mol. The highest BCUT2D eigenvalue weighted by Crippen LogP contribution is 2.39. The van der Waals surface area contributed by atoms with Gasteiger partial charge in [-0.3, -0.25) is 4.79 Å². The second kappa shape index (κ2) is 5.80. The van der Waals surface area contributed by atoms with Crippen LogP contribution in [0.5, 0.6) is 0 Å². The number of amides is 1. The molecule has 5 nitrogen and oxygen atoms in total. The van der Waals surface area contributed by atoms with Gasteiger partial charge in [-0.1, -0.05) is 35.5 Å². The number of carbonyl (C=O) groups is 1. The topological polar surface area (TPSA) is 59.2 Å². The van der Waals surface area contributed by atoms with Crippen LogP contribution in [0.2, 0.25) is 0 Å². The smallest absolute Gasteiger partial charge is 0.258 e. The zero-order chi connectivity index (χ0) is 17.7. The number of fused-ring (bicyclic) bond motifs is 1. The number of benzene rings is 2. The molecular formula is C21H19N3O2. The lowest BCUT2D eigenvalue weighted by Gasteiger charge is -2.22. The molecule has 0 bridgehead atoms. The number of rotatable bonds is 3. The van der Waals surface area contributed by atoms with Crippen molar-refractivity contribution in [2.45, 2.75) is 38.1 Å². The molecule has 2 aromatic carbocycles. The van der Waals surface area contributed by atoms with Gasteiger partial charge in [0.25, 0.3) is 5.91 Å². The minimum Gasteiger partial charge on any atom is -0.339 e. The van der Waals surface area contributed by atoms with Crippen molar-refractivity contribution in [2.75, 3.05) is 4.90 Å². The van der Waals surface area contributed by atoms with E-state index in [9.17, 15) is 4.79 Å². The molecule has 1 aliphatic carbocycles. The lowest BCUT2D eigenvalue weighted by atomic mass is 10.1. The molecule has 1 aliphatic heterocycles. The van der Waals surface area contributed by atoms with E-state index in [1.54, 1.807) is 0 Å². The first-order chi connectivity index (χ1) is 12.7. The third-order valence-electron chi connectivity index (χ3n) is 5.18. The van der Waals surface area contributed by atoms with Crippen molar-refractivity contribution >= 4 is 11.6 Å². The van der Waals surface area contributed by atoms with Gasteiger partial charge in [-0.25, -0.2) is 0 Å². The second-order valence-electron chi connectivity index (χ2n) is 7.16. The fraction of sp³-hybridized carbons (Fsp3) is 0.286. The minimum absolute atomic E-state index is 0.0285. The van der Waals surface area contributed by atoms with Crippen molar-refractivity contribution in [3.8, 4) is 11.4 Å². The number of para-hydroxylation sites is 1. The van der Waals surface area contributed by atoms with Crippen molar-refractivity contribution in [3.63, 3.8) is 0 Å². The molecule has 2 aliphatic rings. The predicted molar refractivity (Wildman–Crippen MR) is 98.1 cm³/mol. The highest BCUT2D eigenvalue weighted by atomic mass is 16.5. The SMILES string of the molecule is C[C@@H]1Cc2ccccc2N1C(=O)c1ccc(-c2noc(C3CC3)n2)cc1. The zero-order valence-electron chi connectivity index (χ0n) is 14.6. The fourth-order valence-electron chi connectivity index (χ4n) is 3.62. The summed E-state index contributed by atoms with van der Waals surface area (Å²) in [5.74, 6) is 1.78. The predicted octanol–water partition coefficient (Wildman–Crippen LogP) is 4.21. The minimum atomic E-state index is 0.0285. The first-order valence-corrected chi connectivity index (χ1v) is 9.06. The molecule has 1 saturated carbocycles. The van der Waals surface area contributed by atoms with Gasteiger partial charge in [-0.15, -0.1) is 0 Å². The first-order valence-electron chi connectivity index (χ1n) is 9.06. The van der Waals surface area contributed by atoms with E-state index in [0.717, 1.165) is 36.4 Å². The van der Waals surface area contributed by atoms with E-state index < -0.39 is 0 Å². The molecule has 3 aromatic rings. The fourth-order valence-corrected chi connectivity index (χ4v) is 3.62. The summed E-state index contributed by atoms with van der Waals surface area (Å²) >= 11 is 0. The Labute approximate surface area is 151 Å². The molecule has 0 spiro atoms. The Hall–Kier alpha value is -2.95. The number of carbonyl (C=O) groups excluding carboxylic acids is 1. The number of hydrogen-bond acceptors (Lipinski definition) is 4. The van der Waals surface area contributed by atoms with E-state index >= 15 is 0 Å². The van der Waals surface area contributed by atoms with Gasteiger partial charge in [0, 0.05) is 28.8 Å². The summed E-state index contributed by atoms with van der Waals surface area (Å²) in [4.78, 5) is 19.4. The molecule has 2 heterocycles. The summed E-state index contributed by atoms with van der Waals surface area (Å²) in [6, 6.07) is 15.8. The van der Waals surface area contributed by atoms with E-state index in [0.29, 0.717) is 17.3 Å². The van der Waals surface area contributed by atoms with E-state index in [2.05, 4.69) is 23.1 Å². The Balaban J connectivity index is 1.41. The lowest BCUT2D eigenvalue weighted by Crippen LogP contribution is -2.35. The van der Waals surface area contributed by atoms with Crippen LogP contribution in [0.15, 0.2) is 53.1 Å². The van der Waals surface area contributed by atoms with Gasteiger partial charge in [-0.2, -0.15) is 4.98 Å². The summed E-state index contributed by atoms with van der Waals surface area (Å²) in [6.07, 6.45) is 3.15. The van der Waals surface area contributed by atoms with Gasteiger partial charge < -0.3 is 9.42 Å². The van der Waals surface area contributed by atoms with Crippen LogP contribution in [-0.4, -0.2) is 22.1 Å². The Morgan fingerprint density at radius 3 is 2.65 bits per heavy atom. The third kappa shape index (κ3) is 2.51. The number of nitrogens with zero attached hydrogens (tertiary/aromatic N) is 3. The molecule has 1 aromatic heterocycles. The Kier molecular flexibility index (Phi) is 3.42. The van der Waals surface area contributed by atoms with Gasteiger partial charge in [0.2, 0.25) is 11.7 Å². The molecule has 5 heteroatoms.